The van der Waals surface area contributed by atoms with Gasteiger partial charge >= 0.3 is 5.97 Å². The van der Waals surface area contributed by atoms with Crippen molar-refractivity contribution in [1.82, 2.24) is 5.32 Å². The summed E-state index contributed by atoms with van der Waals surface area (Å²) >= 11 is 0. The lowest BCUT2D eigenvalue weighted by Crippen LogP contribution is -2.30. The zero-order valence-electron chi connectivity index (χ0n) is 9.91. The second kappa shape index (κ2) is 8.16. The molecule has 0 saturated carbocycles. The van der Waals surface area contributed by atoms with E-state index in [0.717, 1.165) is 25.8 Å². The first-order valence-electron chi connectivity index (χ1n) is 5.99. The number of carbonyl (C=O) groups is 1. The minimum atomic E-state index is -0.126. The molecule has 0 fully saturated rings. The van der Waals surface area contributed by atoms with Gasteiger partial charge in [-0.3, -0.25) is 4.79 Å². The molecule has 92 valence electrons. The van der Waals surface area contributed by atoms with E-state index in [1.54, 1.807) is 6.26 Å². The number of esters is 1. The van der Waals surface area contributed by atoms with E-state index in [4.69, 9.17) is 9.47 Å². The van der Waals surface area contributed by atoms with E-state index in [-0.39, 0.29) is 12.1 Å². The minimum Gasteiger partial charge on any atom is -0.497 e. The van der Waals surface area contributed by atoms with Gasteiger partial charge in [0.2, 0.25) is 0 Å². The summed E-state index contributed by atoms with van der Waals surface area (Å²) in [4.78, 5) is 11.1. The Labute approximate surface area is 97.0 Å². The topological polar surface area (TPSA) is 47.6 Å². The smallest absolute Gasteiger partial charge is 0.307 e. The predicted octanol–water partition coefficient (Wildman–Crippen LogP) is 1.61. The molecule has 1 N–H and O–H groups in total. The van der Waals surface area contributed by atoms with Gasteiger partial charge in [-0.2, -0.15) is 0 Å². The van der Waals surface area contributed by atoms with E-state index in [0.29, 0.717) is 19.6 Å². The molecule has 0 bridgehead atoms. The largest absolute Gasteiger partial charge is 0.497 e. The van der Waals surface area contributed by atoms with Crippen LogP contribution in [0.3, 0.4) is 0 Å². The Hall–Kier alpha value is -1.03. The second-order valence-electron chi connectivity index (χ2n) is 3.88. The molecule has 0 radical (unpaired) electrons. The molecule has 0 aromatic rings. The third kappa shape index (κ3) is 5.75. The van der Waals surface area contributed by atoms with Crippen molar-refractivity contribution in [1.29, 1.82) is 0 Å². The molecule has 0 saturated heterocycles. The van der Waals surface area contributed by atoms with Gasteiger partial charge in [-0.15, -0.1) is 0 Å². The van der Waals surface area contributed by atoms with Crippen molar-refractivity contribution >= 4 is 5.97 Å². The van der Waals surface area contributed by atoms with E-state index < -0.39 is 0 Å². The fourth-order valence-corrected chi connectivity index (χ4v) is 1.48. The SMILES string of the molecule is CCCOC(=O)CCNCC1CCC=CO1. The summed E-state index contributed by atoms with van der Waals surface area (Å²) in [5, 5.41) is 3.20. The van der Waals surface area contributed by atoms with E-state index in [2.05, 4.69) is 5.32 Å². The van der Waals surface area contributed by atoms with Gasteiger partial charge in [0.15, 0.2) is 0 Å². The van der Waals surface area contributed by atoms with Crippen LogP contribution in [0.15, 0.2) is 12.3 Å². The van der Waals surface area contributed by atoms with Gasteiger partial charge in [-0.05, 0) is 25.3 Å². The number of carbonyl (C=O) groups excluding carboxylic acids is 1. The lowest BCUT2D eigenvalue weighted by atomic mass is 10.1. The highest BCUT2D eigenvalue weighted by Crippen LogP contribution is 2.08. The van der Waals surface area contributed by atoms with Crippen molar-refractivity contribution in [3.05, 3.63) is 12.3 Å². The number of rotatable bonds is 7. The van der Waals surface area contributed by atoms with Crippen LogP contribution in [-0.2, 0) is 14.3 Å². The number of nitrogens with one attached hydrogen (secondary N) is 1. The summed E-state index contributed by atoms with van der Waals surface area (Å²) in [5.41, 5.74) is 0. The van der Waals surface area contributed by atoms with Crippen molar-refractivity contribution in [3.8, 4) is 0 Å². The summed E-state index contributed by atoms with van der Waals surface area (Å²) in [7, 11) is 0. The maximum atomic E-state index is 11.1. The molecule has 0 spiro atoms. The summed E-state index contributed by atoms with van der Waals surface area (Å²) in [6, 6.07) is 0. The van der Waals surface area contributed by atoms with Crippen molar-refractivity contribution in [2.45, 2.75) is 38.7 Å². The van der Waals surface area contributed by atoms with Gasteiger partial charge in [0, 0.05) is 13.1 Å². The quantitative estimate of drug-likeness (QED) is 0.530. The van der Waals surface area contributed by atoms with Crippen LogP contribution in [0, 0.1) is 0 Å². The predicted molar refractivity (Wildman–Crippen MR) is 62.0 cm³/mol. The van der Waals surface area contributed by atoms with Crippen LogP contribution in [0.4, 0.5) is 0 Å². The van der Waals surface area contributed by atoms with Crippen LogP contribution in [0.5, 0.6) is 0 Å². The maximum absolute atomic E-state index is 11.1. The molecular weight excluding hydrogens is 206 g/mol. The first-order valence-corrected chi connectivity index (χ1v) is 5.99. The third-order valence-corrected chi connectivity index (χ3v) is 2.37. The molecule has 0 aromatic carbocycles. The Morgan fingerprint density at radius 2 is 2.50 bits per heavy atom. The van der Waals surface area contributed by atoms with Gasteiger partial charge in [0.25, 0.3) is 0 Å². The lowest BCUT2D eigenvalue weighted by molar-refractivity contribution is -0.143. The Kier molecular flexibility index (Phi) is 6.65. The first kappa shape index (κ1) is 13.0. The molecule has 0 amide bonds. The summed E-state index contributed by atoms with van der Waals surface area (Å²) < 4.78 is 10.4. The maximum Gasteiger partial charge on any atom is 0.307 e. The van der Waals surface area contributed by atoms with Gasteiger partial charge in [0.1, 0.15) is 6.10 Å². The highest BCUT2D eigenvalue weighted by atomic mass is 16.5. The zero-order chi connectivity index (χ0) is 11.6. The Morgan fingerprint density at radius 3 is 3.19 bits per heavy atom. The van der Waals surface area contributed by atoms with Crippen LogP contribution in [-0.4, -0.2) is 31.8 Å². The Morgan fingerprint density at radius 1 is 1.62 bits per heavy atom. The van der Waals surface area contributed by atoms with Crippen LogP contribution in [0.2, 0.25) is 0 Å². The number of hydrogen-bond acceptors (Lipinski definition) is 4. The van der Waals surface area contributed by atoms with E-state index in [1.165, 1.54) is 0 Å². The molecule has 1 rings (SSSR count). The molecular formula is C12H21NO3. The second-order valence-corrected chi connectivity index (χ2v) is 3.88. The van der Waals surface area contributed by atoms with Gasteiger partial charge in [0.05, 0.1) is 19.3 Å². The number of hydrogen-bond donors (Lipinski definition) is 1. The fourth-order valence-electron chi connectivity index (χ4n) is 1.48. The fraction of sp³-hybridized carbons (Fsp3) is 0.750. The molecule has 1 atom stereocenters. The van der Waals surface area contributed by atoms with Crippen LogP contribution in [0.1, 0.15) is 32.6 Å². The number of allylic oxidation sites excluding steroid dienone is 1. The Bertz CT molecular complexity index is 228. The molecule has 1 unspecified atom stereocenters. The van der Waals surface area contributed by atoms with E-state index in [1.807, 2.05) is 13.0 Å². The first-order chi connectivity index (χ1) is 7.83. The zero-order valence-corrected chi connectivity index (χ0v) is 9.91. The summed E-state index contributed by atoms with van der Waals surface area (Å²) in [6.07, 6.45) is 7.46. The monoisotopic (exact) mass is 227 g/mol. The van der Waals surface area contributed by atoms with Crippen LogP contribution >= 0.6 is 0 Å². The highest BCUT2D eigenvalue weighted by molar-refractivity contribution is 5.69. The highest BCUT2D eigenvalue weighted by Gasteiger charge is 2.10. The summed E-state index contributed by atoms with van der Waals surface area (Å²) in [6.45, 7) is 3.96. The standard InChI is InChI=1S/C12H21NO3/c1-2-8-16-12(14)6-7-13-10-11-5-3-4-9-15-11/h4,9,11,13H,2-3,5-8,10H2,1H3. The average Bonchev–Trinajstić information content (AvgIpc) is 2.33. The molecule has 0 aliphatic carbocycles. The normalized spacial score (nSPS) is 19.2. The van der Waals surface area contributed by atoms with Crippen LogP contribution in [0.25, 0.3) is 0 Å². The molecule has 4 heteroatoms. The molecule has 1 aliphatic rings. The van der Waals surface area contributed by atoms with E-state index in [9.17, 15) is 4.79 Å². The van der Waals surface area contributed by atoms with Crippen molar-refractivity contribution in [3.63, 3.8) is 0 Å². The Balaban J connectivity index is 1.94. The third-order valence-electron chi connectivity index (χ3n) is 2.37. The van der Waals surface area contributed by atoms with Gasteiger partial charge < -0.3 is 14.8 Å². The van der Waals surface area contributed by atoms with Crippen molar-refractivity contribution in [2.24, 2.45) is 0 Å². The van der Waals surface area contributed by atoms with Crippen LogP contribution < -0.4 is 5.32 Å². The minimum absolute atomic E-state index is 0.126. The molecule has 4 nitrogen and oxygen atoms in total. The molecule has 1 aliphatic heterocycles. The molecule has 16 heavy (non-hydrogen) atoms. The van der Waals surface area contributed by atoms with Crippen molar-refractivity contribution < 1.29 is 14.3 Å². The van der Waals surface area contributed by atoms with E-state index >= 15 is 0 Å². The summed E-state index contributed by atoms with van der Waals surface area (Å²) in [5.74, 6) is -0.126. The molecule has 1 heterocycles. The number of ether oxygens (including phenoxy) is 2. The van der Waals surface area contributed by atoms with Gasteiger partial charge in [-0.1, -0.05) is 6.92 Å². The van der Waals surface area contributed by atoms with Crippen molar-refractivity contribution in [2.75, 3.05) is 19.7 Å². The lowest BCUT2D eigenvalue weighted by Gasteiger charge is -2.19. The van der Waals surface area contributed by atoms with Gasteiger partial charge in [-0.25, -0.2) is 0 Å². The molecule has 0 aromatic heterocycles. The average molecular weight is 227 g/mol.